The second-order valence-corrected chi connectivity index (χ2v) is 6.66. The highest BCUT2D eigenvalue weighted by atomic mass is 32.1. The van der Waals surface area contributed by atoms with Gasteiger partial charge in [-0.2, -0.15) is 0 Å². The van der Waals surface area contributed by atoms with Crippen molar-refractivity contribution < 1.29 is 4.74 Å². The molecule has 2 nitrogen and oxygen atoms in total. The molecule has 0 radical (unpaired) electrons. The highest BCUT2D eigenvalue weighted by Gasteiger charge is 2.13. The van der Waals surface area contributed by atoms with Gasteiger partial charge in [-0.25, -0.2) is 0 Å². The zero-order valence-corrected chi connectivity index (χ0v) is 13.8. The molecule has 2 rings (SSSR count). The van der Waals surface area contributed by atoms with Crippen LogP contribution in [0.2, 0.25) is 0 Å². The van der Waals surface area contributed by atoms with Crippen molar-refractivity contribution in [2.45, 2.75) is 33.1 Å². The molecule has 0 heterocycles. The Bertz CT molecular complexity index is 654. The lowest BCUT2D eigenvalue weighted by molar-refractivity contribution is 0.481. The third-order valence-electron chi connectivity index (χ3n) is 3.42. The Morgan fingerprint density at radius 3 is 2.05 bits per heavy atom. The molecular weight excluding hydrogens is 278 g/mol. The first kappa shape index (κ1) is 15.5. The van der Waals surface area contributed by atoms with Crippen LogP contribution in [0.1, 0.15) is 37.5 Å². The van der Waals surface area contributed by atoms with Gasteiger partial charge in [0.25, 0.3) is 0 Å². The number of hydrogen-bond acceptors (Lipinski definition) is 2. The van der Waals surface area contributed by atoms with Crippen molar-refractivity contribution >= 4 is 17.2 Å². The van der Waals surface area contributed by atoms with Crippen LogP contribution < -0.4 is 10.5 Å². The summed E-state index contributed by atoms with van der Waals surface area (Å²) in [6.45, 7) is 8.56. The molecule has 2 N–H and O–H groups in total. The van der Waals surface area contributed by atoms with Gasteiger partial charge in [-0.15, -0.1) is 0 Å². The molecule has 2 aromatic rings. The normalized spacial score (nSPS) is 11.2. The maximum atomic E-state index is 5.88. The molecular formula is C18H21NOS. The summed E-state index contributed by atoms with van der Waals surface area (Å²) in [7, 11) is 0. The lowest BCUT2D eigenvalue weighted by Gasteiger charge is -2.19. The first-order valence-corrected chi connectivity index (χ1v) is 7.37. The first-order chi connectivity index (χ1) is 9.77. The van der Waals surface area contributed by atoms with E-state index in [1.807, 2.05) is 37.3 Å². The van der Waals surface area contributed by atoms with Gasteiger partial charge in [-0.1, -0.05) is 45.1 Å². The molecule has 0 saturated heterocycles. The fourth-order valence-corrected chi connectivity index (χ4v) is 2.36. The minimum absolute atomic E-state index is 0.146. The van der Waals surface area contributed by atoms with Gasteiger partial charge in [0, 0.05) is 5.56 Å². The van der Waals surface area contributed by atoms with E-state index in [1.165, 1.54) is 5.56 Å². The Labute approximate surface area is 131 Å². The highest BCUT2D eigenvalue weighted by molar-refractivity contribution is 7.80. The standard InChI is InChI=1S/C18H21NOS/c1-12-11-15(9-10-16(12)17(19)21)20-14-7-5-13(6-8-14)18(2,3)4/h5-11H,1-4H3,(H2,19,21). The van der Waals surface area contributed by atoms with Crippen LogP contribution in [-0.4, -0.2) is 4.99 Å². The molecule has 0 fully saturated rings. The van der Waals surface area contributed by atoms with Gasteiger partial charge in [0.05, 0.1) is 0 Å². The van der Waals surface area contributed by atoms with Crippen molar-refractivity contribution in [3.05, 3.63) is 59.2 Å². The Morgan fingerprint density at radius 2 is 1.57 bits per heavy atom. The van der Waals surface area contributed by atoms with Crippen LogP contribution in [0.3, 0.4) is 0 Å². The second kappa shape index (κ2) is 5.86. The summed E-state index contributed by atoms with van der Waals surface area (Å²) in [6, 6.07) is 13.9. The molecule has 0 aliphatic rings. The van der Waals surface area contributed by atoms with Crippen molar-refractivity contribution in [2.75, 3.05) is 0 Å². The SMILES string of the molecule is Cc1cc(Oc2ccc(C(C)(C)C)cc2)ccc1C(N)=S. The highest BCUT2D eigenvalue weighted by Crippen LogP contribution is 2.27. The average Bonchev–Trinajstić information content (AvgIpc) is 2.38. The summed E-state index contributed by atoms with van der Waals surface area (Å²) < 4.78 is 5.88. The lowest BCUT2D eigenvalue weighted by Crippen LogP contribution is -2.11. The molecule has 0 spiro atoms. The van der Waals surface area contributed by atoms with Crippen LogP contribution in [0.25, 0.3) is 0 Å². The van der Waals surface area contributed by atoms with E-state index in [4.69, 9.17) is 22.7 Å². The van der Waals surface area contributed by atoms with Crippen molar-refractivity contribution in [1.82, 2.24) is 0 Å². The molecule has 0 atom stereocenters. The molecule has 110 valence electrons. The van der Waals surface area contributed by atoms with E-state index in [9.17, 15) is 0 Å². The van der Waals surface area contributed by atoms with E-state index in [1.54, 1.807) is 0 Å². The first-order valence-electron chi connectivity index (χ1n) is 6.96. The maximum absolute atomic E-state index is 5.88. The minimum atomic E-state index is 0.146. The number of aryl methyl sites for hydroxylation is 1. The Kier molecular flexibility index (Phi) is 4.33. The van der Waals surface area contributed by atoms with Crippen LogP contribution in [0, 0.1) is 6.92 Å². The van der Waals surface area contributed by atoms with E-state index in [0.717, 1.165) is 22.6 Å². The monoisotopic (exact) mass is 299 g/mol. The third-order valence-corrected chi connectivity index (χ3v) is 3.64. The van der Waals surface area contributed by atoms with Crippen molar-refractivity contribution in [3.8, 4) is 11.5 Å². The van der Waals surface area contributed by atoms with E-state index in [0.29, 0.717) is 4.99 Å². The lowest BCUT2D eigenvalue weighted by atomic mass is 9.87. The van der Waals surface area contributed by atoms with Crippen LogP contribution >= 0.6 is 12.2 Å². The smallest absolute Gasteiger partial charge is 0.127 e. The fourth-order valence-electron chi connectivity index (χ4n) is 2.14. The molecule has 0 unspecified atom stereocenters. The number of benzene rings is 2. The topological polar surface area (TPSA) is 35.2 Å². The van der Waals surface area contributed by atoms with Gasteiger partial charge >= 0.3 is 0 Å². The van der Waals surface area contributed by atoms with Gasteiger partial charge < -0.3 is 10.5 Å². The Balaban J connectivity index is 2.19. The second-order valence-electron chi connectivity index (χ2n) is 6.22. The quantitative estimate of drug-likeness (QED) is 0.833. The van der Waals surface area contributed by atoms with Crippen molar-refractivity contribution in [1.29, 1.82) is 0 Å². The van der Waals surface area contributed by atoms with Gasteiger partial charge in [0.2, 0.25) is 0 Å². The average molecular weight is 299 g/mol. The summed E-state index contributed by atoms with van der Waals surface area (Å²) in [5.74, 6) is 1.61. The van der Waals surface area contributed by atoms with Crippen LogP contribution in [0.4, 0.5) is 0 Å². The van der Waals surface area contributed by atoms with E-state index < -0.39 is 0 Å². The van der Waals surface area contributed by atoms with E-state index in [-0.39, 0.29) is 5.41 Å². The third kappa shape index (κ3) is 3.82. The van der Waals surface area contributed by atoms with Gasteiger partial charge in [0.15, 0.2) is 0 Å². The fraction of sp³-hybridized carbons (Fsp3) is 0.278. The maximum Gasteiger partial charge on any atom is 0.127 e. The Hall–Kier alpha value is -1.87. The largest absolute Gasteiger partial charge is 0.457 e. The molecule has 0 bridgehead atoms. The molecule has 21 heavy (non-hydrogen) atoms. The summed E-state index contributed by atoms with van der Waals surface area (Å²) >= 11 is 5.01. The van der Waals surface area contributed by atoms with E-state index >= 15 is 0 Å². The van der Waals surface area contributed by atoms with Crippen molar-refractivity contribution in [3.63, 3.8) is 0 Å². The predicted octanol–water partition coefficient (Wildman–Crippen LogP) is 4.72. The predicted molar refractivity (Wildman–Crippen MR) is 92.3 cm³/mol. The van der Waals surface area contributed by atoms with Gasteiger partial charge in [-0.3, -0.25) is 0 Å². The molecule has 2 aromatic carbocycles. The summed E-state index contributed by atoms with van der Waals surface area (Å²) in [4.78, 5) is 0.411. The number of hydrogen-bond donors (Lipinski definition) is 1. The molecule has 3 heteroatoms. The number of thiocarbonyl (C=S) groups is 1. The van der Waals surface area contributed by atoms with Gasteiger partial charge in [0.1, 0.15) is 16.5 Å². The van der Waals surface area contributed by atoms with Crippen molar-refractivity contribution in [2.24, 2.45) is 5.73 Å². The van der Waals surface area contributed by atoms with Gasteiger partial charge in [-0.05, 0) is 53.8 Å². The van der Waals surface area contributed by atoms with E-state index in [2.05, 4.69) is 32.9 Å². The number of ether oxygens (including phenoxy) is 1. The summed E-state index contributed by atoms with van der Waals surface area (Å²) in [5.41, 5.74) is 9.01. The zero-order valence-electron chi connectivity index (χ0n) is 12.9. The van der Waals surface area contributed by atoms with Crippen LogP contribution in [-0.2, 0) is 5.41 Å². The molecule has 0 amide bonds. The zero-order chi connectivity index (χ0) is 15.6. The van der Waals surface area contributed by atoms with Crippen LogP contribution in [0.5, 0.6) is 11.5 Å². The van der Waals surface area contributed by atoms with Crippen LogP contribution in [0.15, 0.2) is 42.5 Å². The Morgan fingerprint density at radius 1 is 1.00 bits per heavy atom. The summed E-state index contributed by atoms with van der Waals surface area (Å²) in [6.07, 6.45) is 0. The molecule has 0 aliphatic carbocycles. The minimum Gasteiger partial charge on any atom is -0.457 e. The summed E-state index contributed by atoms with van der Waals surface area (Å²) in [5, 5.41) is 0. The molecule has 0 aliphatic heterocycles. The molecule has 0 aromatic heterocycles. The molecule has 0 saturated carbocycles. The number of nitrogens with two attached hydrogens (primary N) is 1. The number of rotatable bonds is 3.